The number of hydrazone groups is 1. The van der Waals surface area contributed by atoms with E-state index >= 15 is 0 Å². The first kappa shape index (κ1) is 23.0. The predicted molar refractivity (Wildman–Crippen MR) is 128 cm³/mol. The van der Waals surface area contributed by atoms with Crippen LogP contribution < -0.4 is 16.3 Å². The van der Waals surface area contributed by atoms with Crippen molar-refractivity contribution in [3.8, 4) is 0 Å². The van der Waals surface area contributed by atoms with Crippen molar-refractivity contribution in [3.63, 3.8) is 0 Å². The summed E-state index contributed by atoms with van der Waals surface area (Å²) in [6.07, 6.45) is 1.30. The van der Waals surface area contributed by atoms with Crippen LogP contribution in [0.15, 0.2) is 88.8 Å². The van der Waals surface area contributed by atoms with E-state index in [0.717, 1.165) is 0 Å². The number of hydrogen-bond acceptors (Lipinski definition) is 7. The summed E-state index contributed by atoms with van der Waals surface area (Å²) < 4.78 is 0. The second-order valence-corrected chi connectivity index (χ2v) is 7.34. The van der Waals surface area contributed by atoms with Gasteiger partial charge in [0.15, 0.2) is 6.04 Å². The van der Waals surface area contributed by atoms with Crippen LogP contribution >= 0.6 is 0 Å². The number of rotatable bonds is 7. The Hall–Kier alpha value is -5.19. The van der Waals surface area contributed by atoms with Gasteiger partial charge >= 0.3 is 0 Å². The summed E-state index contributed by atoms with van der Waals surface area (Å²) in [5.41, 5.74) is 2.81. The van der Waals surface area contributed by atoms with Crippen LogP contribution in [0.2, 0.25) is 0 Å². The summed E-state index contributed by atoms with van der Waals surface area (Å²) in [5.74, 6) is -1.24. The van der Waals surface area contributed by atoms with Crippen LogP contribution in [0.5, 0.6) is 0 Å². The Balaban J connectivity index is 1.63. The van der Waals surface area contributed by atoms with Crippen LogP contribution in [-0.2, 0) is 4.79 Å². The van der Waals surface area contributed by atoms with Crippen molar-refractivity contribution in [1.82, 2.24) is 20.9 Å². The Morgan fingerprint density at radius 3 is 2.31 bits per heavy atom. The van der Waals surface area contributed by atoms with Crippen molar-refractivity contribution in [2.45, 2.75) is 6.04 Å². The molecule has 4 rings (SSSR count). The van der Waals surface area contributed by atoms with E-state index in [2.05, 4.69) is 26.0 Å². The van der Waals surface area contributed by atoms with E-state index < -0.39 is 28.3 Å². The van der Waals surface area contributed by atoms with Gasteiger partial charge in [-0.1, -0.05) is 36.4 Å². The van der Waals surface area contributed by atoms with Crippen molar-refractivity contribution in [1.29, 1.82) is 0 Å². The Labute approximate surface area is 197 Å². The monoisotopic (exact) mass is 470 g/mol. The van der Waals surface area contributed by atoms with Gasteiger partial charge in [0.25, 0.3) is 23.1 Å². The first-order valence-corrected chi connectivity index (χ1v) is 10.3. The van der Waals surface area contributed by atoms with Crippen LogP contribution in [0.4, 0.5) is 5.69 Å². The third-order valence-corrected chi connectivity index (χ3v) is 5.06. The van der Waals surface area contributed by atoms with Crippen LogP contribution in [0.3, 0.4) is 0 Å². The van der Waals surface area contributed by atoms with Gasteiger partial charge in [-0.25, -0.2) is 10.5 Å². The van der Waals surface area contributed by atoms with Gasteiger partial charge in [-0.15, -0.1) is 0 Å². The molecule has 0 bridgehead atoms. The average molecular weight is 470 g/mol. The molecular formula is C24H18N6O5. The van der Waals surface area contributed by atoms with Gasteiger partial charge in [-0.3, -0.25) is 24.5 Å². The number of nitro benzene ring substituents is 1. The van der Waals surface area contributed by atoms with E-state index in [0.29, 0.717) is 21.9 Å². The van der Waals surface area contributed by atoms with Crippen LogP contribution in [0.1, 0.15) is 27.7 Å². The Bertz CT molecular complexity index is 1480. The summed E-state index contributed by atoms with van der Waals surface area (Å²) in [6.45, 7) is 0. The number of nitro groups is 1. The second kappa shape index (κ2) is 10.2. The number of aromatic nitrogens is 2. The lowest BCUT2D eigenvalue weighted by Gasteiger charge is -2.18. The number of fused-ring (bicyclic) bond motifs is 1. The van der Waals surface area contributed by atoms with E-state index in [1.165, 1.54) is 30.5 Å². The molecule has 174 valence electrons. The molecule has 0 aliphatic carbocycles. The summed E-state index contributed by atoms with van der Waals surface area (Å²) in [5, 5.41) is 24.4. The molecule has 0 saturated heterocycles. The van der Waals surface area contributed by atoms with Crippen molar-refractivity contribution in [3.05, 3.63) is 116 Å². The number of H-pyrrole nitrogens is 1. The van der Waals surface area contributed by atoms with E-state index in [-0.39, 0.29) is 11.4 Å². The maximum Gasteiger partial charge on any atom is 0.272 e. The maximum atomic E-state index is 13.1. The minimum absolute atomic E-state index is 0.0779. The van der Waals surface area contributed by atoms with E-state index in [1.807, 2.05) is 0 Å². The summed E-state index contributed by atoms with van der Waals surface area (Å²) in [7, 11) is 0. The fourth-order valence-electron chi connectivity index (χ4n) is 3.34. The molecule has 3 N–H and O–H groups in total. The molecule has 0 fully saturated rings. The molecule has 11 nitrogen and oxygen atoms in total. The fraction of sp³-hybridized carbons (Fsp3) is 0.0417. The van der Waals surface area contributed by atoms with Gasteiger partial charge in [-0.05, 0) is 35.9 Å². The molecule has 11 heteroatoms. The van der Waals surface area contributed by atoms with Crippen molar-refractivity contribution in [2.75, 3.05) is 0 Å². The number of carbonyl (C=O) groups is 2. The molecule has 1 unspecified atom stereocenters. The second-order valence-electron chi connectivity index (χ2n) is 7.34. The van der Waals surface area contributed by atoms with Crippen molar-refractivity contribution in [2.24, 2.45) is 5.10 Å². The van der Waals surface area contributed by atoms with Crippen LogP contribution in [0.25, 0.3) is 10.8 Å². The van der Waals surface area contributed by atoms with Crippen molar-refractivity contribution >= 4 is 34.5 Å². The molecule has 0 saturated carbocycles. The average Bonchev–Trinajstić information content (AvgIpc) is 2.88. The molecule has 0 aliphatic heterocycles. The third kappa shape index (κ3) is 5.25. The lowest BCUT2D eigenvalue weighted by Crippen LogP contribution is -2.40. The van der Waals surface area contributed by atoms with Crippen LogP contribution in [0, 0.1) is 10.1 Å². The minimum Gasteiger partial charge on any atom is -0.335 e. The molecule has 0 spiro atoms. The van der Waals surface area contributed by atoms with E-state index in [4.69, 9.17) is 0 Å². The molecule has 1 atom stereocenters. The summed E-state index contributed by atoms with van der Waals surface area (Å²) in [4.78, 5) is 48.4. The summed E-state index contributed by atoms with van der Waals surface area (Å²) >= 11 is 0. The highest BCUT2D eigenvalue weighted by Gasteiger charge is 2.27. The lowest BCUT2D eigenvalue weighted by atomic mass is 10.0. The molecular weight excluding hydrogens is 452 g/mol. The normalized spacial score (nSPS) is 11.8. The largest absolute Gasteiger partial charge is 0.335 e. The Kier molecular flexibility index (Phi) is 6.68. The highest BCUT2D eigenvalue weighted by atomic mass is 16.6. The molecule has 3 aromatic carbocycles. The number of aromatic amines is 1. The smallest absolute Gasteiger partial charge is 0.272 e. The van der Waals surface area contributed by atoms with E-state index in [1.54, 1.807) is 54.6 Å². The first-order chi connectivity index (χ1) is 16.9. The molecule has 1 heterocycles. The number of amides is 2. The molecule has 1 aromatic heterocycles. The zero-order valence-electron chi connectivity index (χ0n) is 18.0. The Morgan fingerprint density at radius 1 is 0.971 bits per heavy atom. The number of hydrogen-bond donors (Lipinski definition) is 3. The SMILES string of the molecule is O=C(NC(C(=O)NN=Cc1ccc([N+](=O)[O-])cc1)c1n[nH]c(=O)c2ccccc12)c1ccccc1. The van der Waals surface area contributed by atoms with Gasteiger partial charge < -0.3 is 5.32 Å². The van der Waals surface area contributed by atoms with Crippen LogP contribution in [-0.4, -0.2) is 33.1 Å². The predicted octanol–water partition coefficient (Wildman–Crippen LogP) is 2.45. The third-order valence-electron chi connectivity index (χ3n) is 5.06. The van der Waals surface area contributed by atoms with Gasteiger partial charge in [0, 0.05) is 23.1 Å². The topological polar surface area (TPSA) is 159 Å². The van der Waals surface area contributed by atoms with Gasteiger partial charge in [0.05, 0.1) is 16.5 Å². The first-order valence-electron chi connectivity index (χ1n) is 10.3. The minimum atomic E-state index is -1.29. The molecule has 0 aliphatic rings. The zero-order chi connectivity index (χ0) is 24.8. The van der Waals surface area contributed by atoms with Crippen molar-refractivity contribution < 1.29 is 14.5 Å². The molecule has 4 aromatic rings. The summed E-state index contributed by atoms with van der Waals surface area (Å²) in [6, 6.07) is 19.2. The number of benzene rings is 3. The van der Waals surface area contributed by atoms with E-state index in [9.17, 15) is 24.5 Å². The highest BCUT2D eigenvalue weighted by molar-refractivity contribution is 5.99. The number of non-ortho nitro benzene ring substituents is 1. The fourth-order valence-corrected chi connectivity index (χ4v) is 3.34. The lowest BCUT2D eigenvalue weighted by molar-refractivity contribution is -0.384. The number of nitrogens with zero attached hydrogens (tertiary/aromatic N) is 3. The molecule has 35 heavy (non-hydrogen) atoms. The zero-order valence-corrected chi connectivity index (χ0v) is 18.0. The van der Waals surface area contributed by atoms with Gasteiger partial charge in [-0.2, -0.15) is 10.2 Å². The molecule has 2 amide bonds. The van der Waals surface area contributed by atoms with Gasteiger partial charge in [0.2, 0.25) is 0 Å². The molecule has 0 radical (unpaired) electrons. The number of carbonyl (C=O) groups excluding carboxylic acids is 2. The Morgan fingerprint density at radius 2 is 1.63 bits per heavy atom. The quantitative estimate of drug-likeness (QED) is 0.214. The van der Waals surface area contributed by atoms with Gasteiger partial charge in [0.1, 0.15) is 5.69 Å². The highest BCUT2D eigenvalue weighted by Crippen LogP contribution is 2.20. The number of nitrogens with one attached hydrogen (secondary N) is 3. The maximum absolute atomic E-state index is 13.1. The standard InChI is InChI=1S/C24H18N6O5/c31-22(16-6-2-1-3-7-16)26-21(20-18-8-4-5-9-19(18)23(32)29-27-20)24(33)28-25-14-15-10-12-17(13-11-15)30(34)35/h1-14,21H,(H,26,31)(H,28,33)(H,29,32).